The molecular formula is C19H18ClN3O3S. The third kappa shape index (κ3) is 4.81. The Morgan fingerprint density at radius 3 is 2.67 bits per heavy atom. The number of ether oxygens (including phenoxy) is 1. The van der Waals surface area contributed by atoms with E-state index in [9.17, 15) is 4.79 Å². The Balaban J connectivity index is 1.67. The molecule has 8 heteroatoms. The number of nitrogens with zero attached hydrogens (tertiary/aromatic N) is 2. The fourth-order valence-corrected chi connectivity index (χ4v) is 3.14. The summed E-state index contributed by atoms with van der Waals surface area (Å²) in [5.74, 6) is 0.724. The van der Waals surface area contributed by atoms with E-state index in [0.29, 0.717) is 27.6 Å². The molecule has 27 heavy (non-hydrogen) atoms. The Morgan fingerprint density at radius 2 is 1.96 bits per heavy atom. The number of aromatic nitrogens is 2. The predicted octanol–water partition coefficient (Wildman–Crippen LogP) is 4.83. The summed E-state index contributed by atoms with van der Waals surface area (Å²) in [6.07, 6.45) is 0. The smallest absolute Gasteiger partial charge is 0.277 e. The van der Waals surface area contributed by atoms with Crippen molar-refractivity contribution in [1.82, 2.24) is 10.2 Å². The van der Waals surface area contributed by atoms with Gasteiger partial charge in [0.25, 0.3) is 5.22 Å². The van der Waals surface area contributed by atoms with E-state index in [4.69, 9.17) is 20.8 Å². The fourth-order valence-electron chi connectivity index (χ4n) is 2.29. The average Bonchev–Trinajstić information content (AvgIpc) is 3.11. The molecule has 0 radical (unpaired) electrons. The van der Waals surface area contributed by atoms with Gasteiger partial charge >= 0.3 is 0 Å². The quantitative estimate of drug-likeness (QED) is 0.594. The Kier molecular flexibility index (Phi) is 6.03. The summed E-state index contributed by atoms with van der Waals surface area (Å²) in [6, 6.07) is 12.8. The van der Waals surface area contributed by atoms with Crippen LogP contribution >= 0.6 is 23.4 Å². The lowest BCUT2D eigenvalue weighted by molar-refractivity contribution is -0.115. The van der Waals surface area contributed by atoms with Crippen molar-refractivity contribution >= 4 is 35.0 Å². The maximum Gasteiger partial charge on any atom is 0.277 e. The van der Waals surface area contributed by atoms with Crippen LogP contribution in [0.4, 0.5) is 5.69 Å². The Hall–Kier alpha value is -2.51. The lowest BCUT2D eigenvalue weighted by Gasteiger charge is -2.13. The van der Waals surface area contributed by atoms with Crippen molar-refractivity contribution in [3.05, 3.63) is 53.1 Å². The second kappa shape index (κ2) is 8.45. The molecule has 0 saturated carbocycles. The zero-order chi connectivity index (χ0) is 19.4. The molecule has 6 nitrogen and oxygen atoms in total. The highest BCUT2D eigenvalue weighted by Crippen LogP contribution is 2.30. The van der Waals surface area contributed by atoms with Gasteiger partial charge in [-0.3, -0.25) is 4.79 Å². The minimum atomic E-state index is -0.458. The van der Waals surface area contributed by atoms with Crippen molar-refractivity contribution in [2.45, 2.75) is 24.3 Å². The zero-order valence-corrected chi connectivity index (χ0v) is 16.6. The highest BCUT2D eigenvalue weighted by Gasteiger charge is 2.20. The summed E-state index contributed by atoms with van der Waals surface area (Å²) in [4.78, 5) is 12.5. The first-order chi connectivity index (χ1) is 13.0. The number of hydrogen-bond donors (Lipinski definition) is 1. The number of carbonyl (C=O) groups is 1. The Morgan fingerprint density at radius 1 is 1.22 bits per heavy atom. The van der Waals surface area contributed by atoms with Crippen LogP contribution in [0.5, 0.6) is 5.75 Å². The summed E-state index contributed by atoms with van der Waals surface area (Å²) in [5.41, 5.74) is 2.49. The summed E-state index contributed by atoms with van der Waals surface area (Å²) < 4.78 is 10.9. The van der Waals surface area contributed by atoms with Crippen LogP contribution in [0.3, 0.4) is 0 Å². The third-order valence-electron chi connectivity index (χ3n) is 3.77. The molecule has 1 atom stereocenters. The van der Waals surface area contributed by atoms with Crippen LogP contribution in [0.1, 0.15) is 12.5 Å². The SMILES string of the molecule is COc1ccc(Cl)cc1NC(=O)C(C)Sc1nnc(-c2ccc(C)cc2)o1. The molecule has 3 aromatic rings. The molecule has 0 fully saturated rings. The van der Waals surface area contributed by atoms with Crippen molar-refractivity contribution in [2.24, 2.45) is 0 Å². The predicted molar refractivity (Wildman–Crippen MR) is 106 cm³/mol. The molecule has 1 amide bonds. The van der Waals surface area contributed by atoms with E-state index in [0.717, 1.165) is 11.1 Å². The van der Waals surface area contributed by atoms with Gasteiger partial charge in [0.05, 0.1) is 18.0 Å². The average molecular weight is 404 g/mol. The van der Waals surface area contributed by atoms with E-state index >= 15 is 0 Å². The van der Waals surface area contributed by atoms with E-state index < -0.39 is 5.25 Å². The first kappa shape index (κ1) is 19.3. The molecule has 0 aliphatic heterocycles. The zero-order valence-electron chi connectivity index (χ0n) is 15.0. The van der Waals surface area contributed by atoms with Crippen molar-refractivity contribution in [3.63, 3.8) is 0 Å². The Labute approximate surface area is 166 Å². The van der Waals surface area contributed by atoms with Gasteiger partial charge in [-0.15, -0.1) is 10.2 Å². The van der Waals surface area contributed by atoms with Gasteiger partial charge in [-0.1, -0.05) is 41.1 Å². The molecule has 0 spiro atoms. The molecule has 1 aromatic heterocycles. The molecule has 140 valence electrons. The van der Waals surface area contributed by atoms with Gasteiger partial charge in [0, 0.05) is 10.6 Å². The number of rotatable bonds is 6. The van der Waals surface area contributed by atoms with E-state index in [1.807, 2.05) is 31.2 Å². The van der Waals surface area contributed by atoms with Crippen molar-refractivity contribution in [2.75, 3.05) is 12.4 Å². The molecule has 0 saturated heterocycles. The van der Waals surface area contributed by atoms with Gasteiger partial charge in [0.1, 0.15) is 5.75 Å². The topological polar surface area (TPSA) is 77.2 Å². The maximum absolute atomic E-state index is 12.5. The summed E-state index contributed by atoms with van der Waals surface area (Å²) >= 11 is 7.17. The van der Waals surface area contributed by atoms with Crippen molar-refractivity contribution in [1.29, 1.82) is 0 Å². The second-order valence-electron chi connectivity index (χ2n) is 5.83. The minimum Gasteiger partial charge on any atom is -0.495 e. The molecule has 1 N–H and O–H groups in total. The van der Waals surface area contributed by atoms with Crippen LogP contribution in [0.2, 0.25) is 5.02 Å². The first-order valence-corrected chi connectivity index (χ1v) is 9.43. The van der Waals surface area contributed by atoms with E-state index in [2.05, 4.69) is 15.5 Å². The number of anilines is 1. The van der Waals surface area contributed by atoms with Gasteiger partial charge in [-0.25, -0.2) is 0 Å². The lowest BCUT2D eigenvalue weighted by atomic mass is 10.1. The number of carbonyl (C=O) groups excluding carboxylic acids is 1. The van der Waals surface area contributed by atoms with E-state index in [1.165, 1.54) is 18.9 Å². The molecule has 1 unspecified atom stereocenters. The van der Waals surface area contributed by atoms with Crippen molar-refractivity contribution in [3.8, 4) is 17.2 Å². The summed E-state index contributed by atoms with van der Waals surface area (Å²) in [6.45, 7) is 3.76. The highest BCUT2D eigenvalue weighted by atomic mass is 35.5. The summed E-state index contributed by atoms with van der Waals surface area (Å²) in [5, 5.41) is 11.2. The maximum atomic E-state index is 12.5. The number of benzene rings is 2. The first-order valence-electron chi connectivity index (χ1n) is 8.18. The number of hydrogen-bond acceptors (Lipinski definition) is 6. The van der Waals surface area contributed by atoms with Crippen LogP contribution in [-0.2, 0) is 4.79 Å². The largest absolute Gasteiger partial charge is 0.495 e. The molecule has 2 aromatic carbocycles. The lowest BCUT2D eigenvalue weighted by Crippen LogP contribution is -2.22. The molecule has 0 bridgehead atoms. The normalized spacial score (nSPS) is 11.9. The molecule has 1 heterocycles. The van der Waals surface area contributed by atoms with E-state index in [-0.39, 0.29) is 5.91 Å². The number of amides is 1. The highest BCUT2D eigenvalue weighted by molar-refractivity contribution is 8.00. The van der Waals surface area contributed by atoms with Crippen molar-refractivity contribution < 1.29 is 13.9 Å². The fraction of sp³-hybridized carbons (Fsp3) is 0.211. The van der Waals surface area contributed by atoms with Gasteiger partial charge in [0.15, 0.2) is 0 Å². The Bertz CT molecular complexity index is 944. The number of methoxy groups -OCH3 is 1. The van der Waals surface area contributed by atoms with Gasteiger partial charge < -0.3 is 14.5 Å². The molecule has 3 rings (SSSR count). The number of nitrogens with one attached hydrogen (secondary N) is 1. The second-order valence-corrected chi connectivity index (χ2v) is 7.56. The monoisotopic (exact) mass is 403 g/mol. The standard InChI is InChI=1S/C19H18ClN3O3S/c1-11-4-6-13(7-5-11)18-22-23-19(26-18)27-12(2)17(24)21-15-10-14(20)8-9-16(15)25-3/h4-10,12H,1-3H3,(H,21,24). The summed E-state index contributed by atoms with van der Waals surface area (Å²) in [7, 11) is 1.53. The van der Waals surface area contributed by atoms with Crippen LogP contribution in [0, 0.1) is 6.92 Å². The minimum absolute atomic E-state index is 0.226. The van der Waals surface area contributed by atoms with Gasteiger partial charge in [-0.2, -0.15) is 0 Å². The van der Waals surface area contributed by atoms with E-state index in [1.54, 1.807) is 25.1 Å². The van der Waals surface area contributed by atoms with Crippen LogP contribution < -0.4 is 10.1 Å². The molecule has 0 aliphatic rings. The number of thioether (sulfide) groups is 1. The van der Waals surface area contributed by atoms with Crippen LogP contribution in [0.15, 0.2) is 52.1 Å². The van der Waals surface area contributed by atoms with Gasteiger partial charge in [0.2, 0.25) is 11.8 Å². The molecular weight excluding hydrogens is 386 g/mol. The van der Waals surface area contributed by atoms with Crippen LogP contribution in [-0.4, -0.2) is 28.5 Å². The van der Waals surface area contributed by atoms with Crippen LogP contribution in [0.25, 0.3) is 11.5 Å². The molecule has 0 aliphatic carbocycles. The number of aryl methyl sites for hydroxylation is 1. The number of halogens is 1. The van der Waals surface area contributed by atoms with Gasteiger partial charge in [-0.05, 0) is 44.2 Å². The third-order valence-corrected chi connectivity index (χ3v) is 4.94.